The summed E-state index contributed by atoms with van der Waals surface area (Å²) in [7, 11) is 0. The van der Waals surface area contributed by atoms with E-state index in [1.54, 1.807) is 43.0 Å². The average molecular weight is 385 g/mol. The van der Waals surface area contributed by atoms with E-state index in [0.29, 0.717) is 22.8 Å². The van der Waals surface area contributed by atoms with Gasteiger partial charge in [-0.15, -0.1) is 0 Å². The summed E-state index contributed by atoms with van der Waals surface area (Å²) < 4.78 is 5.26. The van der Waals surface area contributed by atoms with Gasteiger partial charge in [0.05, 0.1) is 24.8 Å². The number of carbonyl (C=O) groups excluding carboxylic acids is 2. The van der Waals surface area contributed by atoms with Gasteiger partial charge in [-0.25, -0.2) is 9.59 Å². The molecule has 0 saturated heterocycles. The first kappa shape index (κ1) is 19.0. The van der Waals surface area contributed by atoms with Gasteiger partial charge in [-0.05, 0) is 37.1 Å². The van der Waals surface area contributed by atoms with Crippen molar-refractivity contribution in [3.05, 3.63) is 82.0 Å². The summed E-state index contributed by atoms with van der Waals surface area (Å²) in [6.07, 6.45) is 0. The number of nitrogens with zero attached hydrogens (tertiary/aromatic N) is 1. The molecule has 0 aliphatic carbocycles. The van der Waals surface area contributed by atoms with Crippen LogP contribution in [0.15, 0.2) is 65.9 Å². The second-order valence-corrected chi connectivity index (χ2v) is 6.66. The topological polar surface area (TPSA) is 58.6 Å². The van der Waals surface area contributed by atoms with E-state index in [0.717, 1.165) is 11.1 Å². The van der Waals surface area contributed by atoms with Crippen LogP contribution in [0.3, 0.4) is 0 Å². The quantitative estimate of drug-likeness (QED) is 0.775. The summed E-state index contributed by atoms with van der Waals surface area (Å²) in [5.74, 6) is -0.437. The number of hydrogen-bond acceptors (Lipinski definition) is 3. The average Bonchev–Trinajstić information content (AvgIpc) is 2.66. The molecule has 0 bridgehead atoms. The molecule has 1 heterocycles. The van der Waals surface area contributed by atoms with Gasteiger partial charge >= 0.3 is 12.0 Å². The van der Waals surface area contributed by atoms with E-state index >= 15 is 0 Å². The number of allylic oxidation sites excluding steroid dienone is 1. The largest absolute Gasteiger partial charge is 0.463 e. The van der Waals surface area contributed by atoms with Crippen LogP contribution in [-0.2, 0) is 16.1 Å². The van der Waals surface area contributed by atoms with Crippen molar-refractivity contribution in [2.45, 2.75) is 26.4 Å². The molecule has 1 unspecified atom stereocenters. The van der Waals surface area contributed by atoms with Crippen molar-refractivity contribution in [3.63, 3.8) is 0 Å². The Morgan fingerprint density at radius 1 is 1.15 bits per heavy atom. The standard InChI is InChI=1S/C21H21ClN2O3/c1-3-27-20(25)18-14(2)24(13-15-7-5-4-6-8-15)21(26)23-19(18)16-9-11-17(22)12-10-16/h4-12,19H,3,13H2,1-2H3,(H,23,26). The lowest BCUT2D eigenvalue weighted by Crippen LogP contribution is -2.47. The van der Waals surface area contributed by atoms with Crippen LogP contribution < -0.4 is 5.32 Å². The summed E-state index contributed by atoms with van der Waals surface area (Å²) in [6.45, 7) is 4.16. The summed E-state index contributed by atoms with van der Waals surface area (Å²) >= 11 is 5.97. The fourth-order valence-corrected chi connectivity index (χ4v) is 3.24. The zero-order valence-corrected chi connectivity index (χ0v) is 16.0. The van der Waals surface area contributed by atoms with Crippen LogP contribution >= 0.6 is 11.6 Å². The number of hydrogen-bond donors (Lipinski definition) is 1. The minimum absolute atomic E-state index is 0.260. The minimum atomic E-state index is -0.583. The lowest BCUT2D eigenvalue weighted by atomic mass is 9.94. The maximum atomic E-state index is 12.8. The van der Waals surface area contributed by atoms with Crippen LogP contribution in [0.2, 0.25) is 5.02 Å². The molecule has 140 valence electrons. The Morgan fingerprint density at radius 3 is 2.44 bits per heavy atom. The maximum Gasteiger partial charge on any atom is 0.338 e. The van der Waals surface area contributed by atoms with Crippen molar-refractivity contribution in [1.82, 2.24) is 10.2 Å². The van der Waals surface area contributed by atoms with Crippen LogP contribution in [-0.4, -0.2) is 23.5 Å². The van der Waals surface area contributed by atoms with Crippen molar-refractivity contribution in [3.8, 4) is 0 Å². The molecule has 1 aliphatic heterocycles. The van der Waals surface area contributed by atoms with E-state index < -0.39 is 12.0 Å². The lowest BCUT2D eigenvalue weighted by molar-refractivity contribution is -0.139. The van der Waals surface area contributed by atoms with Gasteiger partial charge in [0.1, 0.15) is 0 Å². The van der Waals surface area contributed by atoms with Gasteiger partial charge in [0, 0.05) is 10.7 Å². The summed E-state index contributed by atoms with van der Waals surface area (Å²) in [4.78, 5) is 27.0. The fraction of sp³-hybridized carbons (Fsp3) is 0.238. The molecular weight excluding hydrogens is 364 g/mol. The summed E-state index contributed by atoms with van der Waals surface area (Å²) in [5.41, 5.74) is 2.75. The van der Waals surface area contributed by atoms with Crippen LogP contribution in [0, 0.1) is 0 Å². The SMILES string of the molecule is CCOC(=O)C1=C(C)N(Cc2ccccc2)C(=O)NC1c1ccc(Cl)cc1. The Bertz CT molecular complexity index is 863. The Hall–Kier alpha value is -2.79. The van der Waals surface area contributed by atoms with Crippen molar-refractivity contribution in [1.29, 1.82) is 0 Å². The van der Waals surface area contributed by atoms with Crippen LogP contribution in [0.4, 0.5) is 4.79 Å². The number of carbonyl (C=O) groups is 2. The molecule has 2 aromatic carbocycles. The molecule has 1 aliphatic rings. The van der Waals surface area contributed by atoms with Gasteiger partial charge in [-0.1, -0.05) is 54.1 Å². The molecule has 0 fully saturated rings. The van der Waals surface area contributed by atoms with Gasteiger partial charge in [0.15, 0.2) is 0 Å². The zero-order chi connectivity index (χ0) is 19.4. The molecule has 2 aromatic rings. The molecule has 2 amide bonds. The first-order chi connectivity index (χ1) is 13.0. The van der Waals surface area contributed by atoms with Gasteiger partial charge < -0.3 is 10.1 Å². The first-order valence-corrected chi connectivity index (χ1v) is 9.14. The van der Waals surface area contributed by atoms with Crippen LogP contribution in [0.25, 0.3) is 0 Å². The monoisotopic (exact) mass is 384 g/mol. The summed E-state index contributed by atoms with van der Waals surface area (Å²) in [5, 5.41) is 3.52. The third-order valence-corrected chi connectivity index (χ3v) is 4.73. The highest BCUT2D eigenvalue weighted by atomic mass is 35.5. The Morgan fingerprint density at radius 2 is 1.81 bits per heavy atom. The molecule has 0 aromatic heterocycles. The van der Waals surface area contributed by atoms with Gasteiger partial charge in [0.25, 0.3) is 0 Å². The Kier molecular flexibility index (Phi) is 5.81. The molecule has 1 atom stereocenters. The number of nitrogens with one attached hydrogen (secondary N) is 1. The van der Waals surface area contributed by atoms with Gasteiger partial charge in [0.2, 0.25) is 0 Å². The minimum Gasteiger partial charge on any atom is -0.463 e. The Balaban J connectivity index is 2.02. The number of urea groups is 1. The number of rotatable bonds is 5. The van der Waals surface area contributed by atoms with Crippen molar-refractivity contribution in [2.75, 3.05) is 6.61 Å². The van der Waals surface area contributed by atoms with Crippen molar-refractivity contribution in [2.24, 2.45) is 0 Å². The predicted octanol–water partition coefficient (Wildman–Crippen LogP) is 4.44. The third-order valence-electron chi connectivity index (χ3n) is 4.48. The molecule has 0 saturated carbocycles. The smallest absolute Gasteiger partial charge is 0.338 e. The number of esters is 1. The third kappa shape index (κ3) is 4.14. The van der Waals surface area contributed by atoms with Crippen molar-refractivity contribution >= 4 is 23.6 Å². The molecule has 0 spiro atoms. The molecule has 3 rings (SSSR count). The normalized spacial score (nSPS) is 16.9. The van der Waals surface area contributed by atoms with E-state index in [9.17, 15) is 9.59 Å². The van der Waals surface area contributed by atoms with Gasteiger partial charge in [-0.3, -0.25) is 4.90 Å². The predicted molar refractivity (Wildman–Crippen MR) is 104 cm³/mol. The zero-order valence-electron chi connectivity index (χ0n) is 15.2. The molecule has 27 heavy (non-hydrogen) atoms. The van der Waals surface area contributed by atoms with Gasteiger partial charge in [-0.2, -0.15) is 0 Å². The van der Waals surface area contributed by atoms with E-state index in [1.807, 2.05) is 30.3 Å². The highest BCUT2D eigenvalue weighted by Gasteiger charge is 2.36. The molecular formula is C21H21ClN2O3. The highest BCUT2D eigenvalue weighted by Crippen LogP contribution is 2.32. The molecule has 0 radical (unpaired) electrons. The maximum absolute atomic E-state index is 12.8. The highest BCUT2D eigenvalue weighted by molar-refractivity contribution is 6.30. The molecule has 6 heteroatoms. The van der Waals surface area contributed by atoms with Crippen molar-refractivity contribution < 1.29 is 14.3 Å². The van der Waals surface area contributed by atoms with Crippen LogP contribution in [0.5, 0.6) is 0 Å². The lowest BCUT2D eigenvalue weighted by Gasteiger charge is -2.35. The number of ether oxygens (including phenoxy) is 1. The Labute approximate surface area is 163 Å². The molecule has 5 nitrogen and oxygen atoms in total. The number of halogens is 1. The van der Waals surface area contributed by atoms with E-state index in [2.05, 4.69) is 5.32 Å². The van der Waals surface area contributed by atoms with E-state index in [1.165, 1.54) is 0 Å². The fourth-order valence-electron chi connectivity index (χ4n) is 3.12. The van der Waals surface area contributed by atoms with E-state index in [4.69, 9.17) is 16.3 Å². The number of amides is 2. The second-order valence-electron chi connectivity index (χ2n) is 6.23. The van der Waals surface area contributed by atoms with Crippen LogP contribution in [0.1, 0.15) is 31.0 Å². The molecule has 1 N–H and O–H groups in total. The first-order valence-electron chi connectivity index (χ1n) is 8.76. The summed E-state index contributed by atoms with van der Waals surface area (Å²) in [6, 6.07) is 15.9. The second kappa shape index (κ2) is 8.27. The number of benzene rings is 2. The van der Waals surface area contributed by atoms with E-state index in [-0.39, 0.29) is 12.6 Å².